The van der Waals surface area contributed by atoms with Crippen molar-refractivity contribution >= 4 is 35.0 Å². The number of hydrogen-bond acceptors (Lipinski definition) is 3. The van der Waals surface area contributed by atoms with Crippen LogP contribution in [0.4, 0.5) is 18.9 Å². The van der Waals surface area contributed by atoms with Gasteiger partial charge in [-0.1, -0.05) is 29.8 Å². The van der Waals surface area contributed by atoms with Gasteiger partial charge in [0, 0.05) is 29.7 Å². The molecule has 2 aliphatic rings. The first kappa shape index (κ1) is 23.3. The number of carbonyl (C=O) groups is 1. The number of amides is 1. The lowest BCUT2D eigenvalue weighted by Gasteiger charge is -2.34. The Labute approximate surface area is 195 Å². The van der Waals surface area contributed by atoms with Crippen LogP contribution in [0.5, 0.6) is 0 Å². The van der Waals surface area contributed by atoms with Crippen molar-refractivity contribution in [3.8, 4) is 0 Å². The van der Waals surface area contributed by atoms with Crippen LogP contribution in [-0.4, -0.2) is 41.6 Å². The van der Waals surface area contributed by atoms with Crippen molar-refractivity contribution in [3.05, 3.63) is 64.2 Å². The minimum absolute atomic E-state index is 0.0746. The van der Waals surface area contributed by atoms with Gasteiger partial charge in [0.1, 0.15) is 0 Å². The molecule has 1 aliphatic heterocycles. The maximum Gasteiger partial charge on any atom is 0.413 e. The molecule has 1 saturated heterocycles. The number of alkyl halides is 3. The first-order chi connectivity index (χ1) is 15.2. The van der Waals surface area contributed by atoms with E-state index >= 15 is 0 Å². The van der Waals surface area contributed by atoms with Gasteiger partial charge in [0.05, 0.1) is 0 Å². The predicted octanol–water partition coefficient (Wildman–Crippen LogP) is 6.12. The largest absolute Gasteiger partial charge is 0.413 e. The van der Waals surface area contributed by atoms with Gasteiger partial charge in [-0.2, -0.15) is 24.9 Å². The Morgan fingerprint density at radius 3 is 2.41 bits per heavy atom. The molecule has 0 radical (unpaired) electrons. The third-order valence-electron chi connectivity index (χ3n) is 6.31. The molecule has 3 nitrogen and oxygen atoms in total. The highest BCUT2D eigenvalue weighted by Crippen LogP contribution is 2.39. The zero-order chi connectivity index (χ0) is 22.9. The number of hydrogen-bond donors (Lipinski definition) is 1. The molecule has 172 valence electrons. The number of nitrogens with zero attached hydrogens (tertiary/aromatic N) is 1. The Morgan fingerprint density at radius 2 is 1.75 bits per heavy atom. The highest BCUT2D eigenvalue weighted by atomic mass is 35.5. The predicted molar refractivity (Wildman–Crippen MR) is 124 cm³/mol. The Balaban J connectivity index is 1.46. The maximum absolute atomic E-state index is 14.0. The molecule has 0 saturated carbocycles. The van der Waals surface area contributed by atoms with E-state index in [1.165, 1.54) is 30.3 Å². The summed E-state index contributed by atoms with van der Waals surface area (Å²) in [7, 11) is 1.27. The molecule has 1 amide bonds. The minimum atomic E-state index is -4.55. The third kappa shape index (κ3) is 5.20. The quantitative estimate of drug-likeness (QED) is 0.557. The summed E-state index contributed by atoms with van der Waals surface area (Å²) in [6, 6.07) is 10.4. The average molecular weight is 483 g/mol. The second-order valence-electron chi connectivity index (χ2n) is 8.56. The lowest BCUT2D eigenvalue weighted by molar-refractivity contribution is -0.190. The summed E-state index contributed by atoms with van der Waals surface area (Å²) < 4.78 is 41.9. The topological polar surface area (TPSA) is 32.3 Å². The number of thioether (sulfide) groups is 1. The van der Waals surface area contributed by atoms with E-state index in [9.17, 15) is 18.0 Å². The zero-order valence-corrected chi connectivity index (χ0v) is 19.4. The van der Waals surface area contributed by atoms with E-state index in [0.717, 1.165) is 34.9 Å². The van der Waals surface area contributed by atoms with Crippen LogP contribution in [0.2, 0.25) is 5.02 Å². The summed E-state index contributed by atoms with van der Waals surface area (Å²) in [6.07, 6.45) is -1.61. The second kappa shape index (κ2) is 9.56. The summed E-state index contributed by atoms with van der Waals surface area (Å²) in [5, 5.41) is 4.11. The van der Waals surface area contributed by atoms with Crippen molar-refractivity contribution in [1.29, 1.82) is 0 Å². The smallest absolute Gasteiger partial charge is 0.382 e. The molecule has 1 heterocycles. The van der Waals surface area contributed by atoms with E-state index in [2.05, 4.69) is 5.32 Å². The molecule has 1 aliphatic carbocycles. The van der Waals surface area contributed by atoms with Crippen LogP contribution < -0.4 is 5.32 Å². The van der Waals surface area contributed by atoms with Gasteiger partial charge in [0.2, 0.25) is 5.91 Å². The second-order valence-corrected chi connectivity index (χ2v) is 10.2. The van der Waals surface area contributed by atoms with Gasteiger partial charge in [-0.3, -0.25) is 4.79 Å². The number of rotatable bonds is 5. The number of fused-ring (bicyclic) bond motifs is 1. The van der Waals surface area contributed by atoms with Gasteiger partial charge >= 0.3 is 6.18 Å². The van der Waals surface area contributed by atoms with E-state index in [0.29, 0.717) is 17.9 Å². The summed E-state index contributed by atoms with van der Waals surface area (Å²) in [5.41, 5.74) is 3.27. The molecule has 0 aromatic heterocycles. The summed E-state index contributed by atoms with van der Waals surface area (Å²) in [5.74, 6) is 0.888. The van der Waals surface area contributed by atoms with Gasteiger partial charge in [-0.15, -0.1) is 0 Å². The van der Waals surface area contributed by atoms with Crippen LogP contribution in [-0.2, 0) is 17.6 Å². The van der Waals surface area contributed by atoms with Crippen molar-refractivity contribution in [2.45, 2.75) is 43.9 Å². The van der Waals surface area contributed by atoms with Crippen LogP contribution in [0, 0.1) is 5.92 Å². The van der Waals surface area contributed by atoms with Crippen molar-refractivity contribution in [3.63, 3.8) is 0 Å². The molecule has 2 aromatic carbocycles. The van der Waals surface area contributed by atoms with Crippen molar-refractivity contribution < 1.29 is 18.0 Å². The van der Waals surface area contributed by atoms with Crippen molar-refractivity contribution in [1.82, 2.24) is 4.90 Å². The molecule has 0 bridgehead atoms. The molecule has 8 heteroatoms. The molecule has 2 unspecified atom stereocenters. The SMILES string of the molecule is CN(C(=O)C1CCSCC1)C(c1ccc(NC2Cc3ccc(Cl)cc3C2)cc1)C(F)(F)F. The molecule has 4 rings (SSSR count). The summed E-state index contributed by atoms with van der Waals surface area (Å²) >= 11 is 7.81. The van der Waals surface area contributed by atoms with Gasteiger partial charge < -0.3 is 10.2 Å². The summed E-state index contributed by atoms with van der Waals surface area (Å²) in [6.45, 7) is 0. The van der Waals surface area contributed by atoms with E-state index in [1.807, 2.05) is 18.2 Å². The number of anilines is 1. The fourth-order valence-corrected chi connectivity index (χ4v) is 5.98. The van der Waals surface area contributed by atoms with E-state index in [-0.39, 0.29) is 17.5 Å². The van der Waals surface area contributed by atoms with E-state index in [1.54, 1.807) is 23.9 Å². The number of halogens is 4. The Kier molecular flexibility index (Phi) is 6.96. The van der Waals surface area contributed by atoms with Crippen LogP contribution in [0.15, 0.2) is 42.5 Å². The third-order valence-corrected chi connectivity index (χ3v) is 7.60. The van der Waals surface area contributed by atoms with Gasteiger partial charge in [-0.05, 0) is 78.1 Å². The fraction of sp³-hybridized carbons (Fsp3) is 0.458. The van der Waals surface area contributed by atoms with Crippen molar-refractivity contribution in [2.75, 3.05) is 23.9 Å². The molecule has 1 N–H and O–H groups in total. The lowest BCUT2D eigenvalue weighted by atomic mass is 9.98. The van der Waals surface area contributed by atoms with Crippen LogP contribution >= 0.6 is 23.4 Å². The Bertz CT molecular complexity index is 961. The number of carbonyl (C=O) groups excluding carboxylic acids is 1. The van der Waals surface area contributed by atoms with Gasteiger partial charge in [0.15, 0.2) is 6.04 Å². The highest BCUT2D eigenvalue weighted by molar-refractivity contribution is 7.99. The maximum atomic E-state index is 14.0. The molecular weight excluding hydrogens is 457 g/mol. The Morgan fingerprint density at radius 1 is 1.09 bits per heavy atom. The van der Waals surface area contributed by atoms with Crippen LogP contribution in [0.3, 0.4) is 0 Å². The Hall–Kier alpha value is -1.86. The normalized spacial score (nSPS) is 20.0. The highest BCUT2D eigenvalue weighted by Gasteiger charge is 2.46. The lowest BCUT2D eigenvalue weighted by Crippen LogP contribution is -2.43. The van der Waals surface area contributed by atoms with Crippen molar-refractivity contribution in [2.24, 2.45) is 5.92 Å². The summed E-state index contributed by atoms with van der Waals surface area (Å²) in [4.78, 5) is 13.7. The van der Waals surface area contributed by atoms with Gasteiger partial charge in [0.25, 0.3) is 0 Å². The molecule has 0 spiro atoms. The first-order valence-electron chi connectivity index (χ1n) is 10.8. The fourth-order valence-electron chi connectivity index (χ4n) is 4.68. The molecule has 32 heavy (non-hydrogen) atoms. The number of benzene rings is 2. The van der Waals surface area contributed by atoms with Crippen LogP contribution in [0.1, 0.15) is 35.6 Å². The molecule has 1 fully saturated rings. The zero-order valence-electron chi connectivity index (χ0n) is 17.8. The van der Waals surface area contributed by atoms with Crippen LogP contribution in [0.25, 0.3) is 0 Å². The van der Waals surface area contributed by atoms with Gasteiger partial charge in [-0.25, -0.2) is 0 Å². The minimum Gasteiger partial charge on any atom is -0.382 e. The van der Waals surface area contributed by atoms with E-state index in [4.69, 9.17) is 11.6 Å². The standard InChI is InChI=1S/C24H26ClF3N2OS/c1-30(23(31)16-8-10-32-11-9-16)22(24(26,27)28)15-3-6-20(7-4-15)29-21-13-17-2-5-19(25)12-18(17)14-21/h2-7,12,16,21-22,29H,8-11,13-14H2,1H3. The molecule has 2 atom stereocenters. The molecular formula is C24H26ClF3N2OS. The first-order valence-corrected chi connectivity index (χ1v) is 12.3. The monoisotopic (exact) mass is 482 g/mol. The number of nitrogens with one attached hydrogen (secondary N) is 1. The van der Waals surface area contributed by atoms with E-state index < -0.39 is 18.1 Å². The average Bonchev–Trinajstić information content (AvgIpc) is 3.15. The molecule has 2 aromatic rings.